The highest BCUT2D eigenvalue weighted by molar-refractivity contribution is 6.15. The summed E-state index contributed by atoms with van der Waals surface area (Å²) in [5, 5.41) is 6.57. The van der Waals surface area contributed by atoms with Crippen molar-refractivity contribution in [2.24, 2.45) is 0 Å². The number of rotatable bonds is 5. The molecule has 0 aliphatic carbocycles. The molecule has 4 heteroatoms. The Morgan fingerprint density at radius 1 is 0.388 bits per heavy atom. The van der Waals surface area contributed by atoms with Crippen LogP contribution >= 0.6 is 0 Å². The summed E-state index contributed by atoms with van der Waals surface area (Å²) >= 11 is 0. The summed E-state index contributed by atoms with van der Waals surface area (Å²) in [6.07, 6.45) is 1.94. The summed E-state index contributed by atoms with van der Waals surface area (Å²) in [6.45, 7) is 0. The van der Waals surface area contributed by atoms with Gasteiger partial charge in [0.25, 0.3) is 0 Å². The van der Waals surface area contributed by atoms with Crippen molar-refractivity contribution in [1.29, 1.82) is 0 Å². The molecule has 10 aromatic rings. The minimum Gasteiger partial charge on any atom is -0.456 e. The topological polar surface area (TPSA) is 42.4 Å². The molecule has 0 N–H and O–H groups in total. The van der Waals surface area contributed by atoms with Crippen molar-refractivity contribution in [3.05, 3.63) is 170 Å². The Labute approximate surface area is 282 Å². The van der Waals surface area contributed by atoms with Crippen LogP contribution in [0.3, 0.4) is 0 Å². The Morgan fingerprint density at radius 3 is 2.02 bits per heavy atom. The van der Waals surface area contributed by atoms with E-state index >= 15 is 0 Å². The van der Waals surface area contributed by atoms with Gasteiger partial charge in [0.05, 0.1) is 5.69 Å². The molecule has 230 valence electrons. The number of benzene rings is 7. The van der Waals surface area contributed by atoms with Gasteiger partial charge in [0.15, 0.2) is 0 Å². The van der Waals surface area contributed by atoms with Gasteiger partial charge in [0.2, 0.25) is 0 Å². The summed E-state index contributed by atoms with van der Waals surface area (Å²) in [4.78, 5) is 7.19. The SMILES string of the molecule is c1ccc(-c2cccc(N(c3ccc(-c4cc5oc6c7ccccc7ccc6c5cn4)cc3)c3ccc4oc5ccccc5c4c3)c2)cc1. The molecule has 0 saturated carbocycles. The quantitative estimate of drug-likeness (QED) is 0.190. The van der Waals surface area contributed by atoms with E-state index in [0.717, 1.165) is 88.5 Å². The monoisotopic (exact) mass is 628 g/mol. The van der Waals surface area contributed by atoms with Crippen LogP contribution in [-0.2, 0) is 0 Å². The smallest absolute Gasteiger partial charge is 0.143 e. The van der Waals surface area contributed by atoms with Crippen LogP contribution < -0.4 is 4.90 Å². The maximum Gasteiger partial charge on any atom is 0.143 e. The van der Waals surface area contributed by atoms with E-state index in [1.54, 1.807) is 0 Å². The summed E-state index contributed by atoms with van der Waals surface area (Å²) < 4.78 is 12.6. The van der Waals surface area contributed by atoms with E-state index in [4.69, 9.17) is 13.8 Å². The standard InChI is InChI=1S/C45H28N2O2/c1-2-9-29(10-3-1)32-12-8-13-34(25-32)47(35-22-24-43-39(26-35)37-15-6-7-16-42(37)48-43)33-20-17-31(18-21-33)41-27-44-40(28-46-41)38-23-19-30-11-4-5-14-36(30)45(38)49-44/h1-28H. The molecular formula is C45H28N2O2. The van der Waals surface area contributed by atoms with Gasteiger partial charge in [-0.3, -0.25) is 4.98 Å². The van der Waals surface area contributed by atoms with Gasteiger partial charge in [-0.05, 0) is 71.1 Å². The van der Waals surface area contributed by atoms with E-state index in [1.165, 1.54) is 5.56 Å². The molecule has 0 amide bonds. The van der Waals surface area contributed by atoms with Crippen molar-refractivity contribution in [2.75, 3.05) is 4.90 Å². The van der Waals surface area contributed by atoms with E-state index in [0.29, 0.717) is 0 Å². The molecule has 0 radical (unpaired) electrons. The fourth-order valence-electron chi connectivity index (χ4n) is 7.09. The highest BCUT2D eigenvalue weighted by Gasteiger charge is 2.17. The Hall–Kier alpha value is -6.65. The second kappa shape index (κ2) is 11.0. The Balaban J connectivity index is 1.09. The first kappa shape index (κ1) is 27.5. The Bertz CT molecular complexity index is 2830. The molecule has 0 aliphatic heterocycles. The van der Waals surface area contributed by atoms with Crippen LogP contribution in [0.5, 0.6) is 0 Å². The Kier molecular flexibility index (Phi) is 6.15. The summed E-state index contributed by atoms with van der Waals surface area (Å²) in [5.74, 6) is 0. The van der Waals surface area contributed by atoms with Crippen LogP contribution in [0, 0.1) is 0 Å². The van der Waals surface area contributed by atoms with E-state index in [1.807, 2.05) is 18.3 Å². The number of anilines is 3. The van der Waals surface area contributed by atoms with Crippen molar-refractivity contribution >= 4 is 71.7 Å². The number of pyridine rings is 1. The predicted molar refractivity (Wildman–Crippen MR) is 202 cm³/mol. The number of hydrogen-bond donors (Lipinski definition) is 0. The van der Waals surface area contributed by atoms with E-state index in [-0.39, 0.29) is 0 Å². The van der Waals surface area contributed by atoms with Crippen molar-refractivity contribution in [3.63, 3.8) is 0 Å². The van der Waals surface area contributed by atoms with Crippen LogP contribution in [-0.4, -0.2) is 4.98 Å². The molecule has 49 heavy (non-hydrogen) atoms. The molecule has 0 spiro atoms. The number of aromatic nitrogens is 1. The molecule has 0 aliphatic rings. The maximum atomic E-state index is 6.46. The number of fused-ring (bicyclic) bond motifs is 8. The van der Waals surface area contributed by atoms with Gasteiger partial charge < -0.3 is 13.7 Å². The lowest BCUT2D eigenvalue weighted by Crippen LogP contribution is -2.10. The molecule has 7 aromatic carbocycles. The van der Waals surface area contributed by atoms with E-state index < -0.39 is 0 Å². The van der Waals surface area contributed by atoms with Crippen LogP contribution in [0.2, 0.25) is 0 Å². The second-order valence-electron chi connectivity index (χ2n) is 12.4. The molecular weight excluding hydrogens is 601 g/mol. The van der Waals surface area contributed by atoms with Crippen LogP contribution in [0.1, 0.15) is 0 Å². The third-order valence-corrected chi connectivity index (χ3v) is 9.50. The zero-order chi connectivity index (χ0) is 32.3. The summed E-state index contributed by atoms with van der Waals surface area (Å²) in [6, 6.07) is 57.1. The van der Waals surface area contributed by atoms with E-state index in [2.05, 4.69) is 157 Å². The van der Waals surface area contributed by atoms with Gasteiger partial charge in [0, 0.05) is 61.8 Å². The lowest BCUT2D eigenvalue weighted by molar-refractivity contribution is 0.669. The predicted octanol–water partition coefficient (Wildman–Crippen LogP) is 12.8. The molecule has 3 aromatic heterocycles. The number of furan rings is 2. The second-order valence-corrected chi connectivity index (χ2v) is 12.4. The van der Waals surface area contributed by atoms with E-state index in [9.17, 15) is 0 Å². The van der Waals surface area contributed by atoms with Crippen molar-refractivity contribution < 1.29 is 8.83 Å². The first-order valence-electron chi connectivity index (χ1n) is 16.4. The number of hydrogen-bond acceptors (Lipinski definition) is 4. The van der Waals surface area contributed by atoms with Gasteiger partial charge in [-0.25, -0.2) is 0 Å². The third kappa shape index (κ3) is 4.57. The molecule has 10 rings (SSSR count). The number of para-hydroxylation sites is 1. The average molecular weight is 629 g/mol. The van der Waals surface area contributed by atoms with Crippen molar-refractivity contribution in [3.8, 4) is 22.4 Å². The average Bonchev–Trinajstić information content (AvgIpc) is 3.74. The minimum absolute atomic E-state index is 0.834. The van der Waals surface area contributed by atoms with Gasteiger partial charge in [-0.15, -0.1) is 0 Å². The molecule has 0 unspecified atom stereocenters. The third-order valence-electron chi connectivity index (χ3n) is 9.50. The van der Waals surface area contributed by atoms with Crippen molar-refractivity contribution in [1.82, 2.24) is 4.98 Å². The van der Waals surface area contributed by atoms with Crippen LogP contribution in [0.4, 0.5) is 17.1 Å². The minimum atomic E-state index is 0.834. The molecule has 0 atom stereocenters. The number of nitrogens with zero attached hydrogens (tertiary/aromatic N) is 2. The first-order valence-corrected chi connectivity index (χ1v) is 16.4. The lowest BCUT2D eigenvalue weighted by atomic mass is 10.0. The maximum absolute atomic E-state index is 6.46. The lowest BCUT2D eigenvalue weighted by Gasteiger charge is -2.26. The molecule has 0 saturated heterocycles. The highest BCUT2D eigenvalue weighted by Crippen LogP contribution is 2.41. The fourth-order valence-corrected chi connectivity index (χ4v) is 7.09. The van der Waals surface area contributed by atoms with Gasteiger partial charge in [0.1, 0.15) is 22.3 Å². The van der Waals surface area contributed by atoms with Gasteiger partial charge in [-0.1, -0.05) is 103 Å². The molecule has 0 fully saturated rings. The zero-order valence-corrected chi connectivity index (χ0v) is 26.4. The Morgan fingerprint density at radius 2 is 1.12 bits per heavy atom. The normalized spacial score (nSPS) is 11.7. The largest absolute Gasteiger partial charge is 0.456 e. The van der Waals surface area contributed by atoms with Crippen molar-refractivity contribution in [2.45, 2.75) is 0 Å². The summed E-state index contributed by atoms with van der Waals surface area (Å²) in [5.41, 5.74) is 10.9. The molecule has 4 nitrogen and oxygen atoms in total. The zero-order valence-electron chi connectivity index (χ0n) is 26.4. The fraction of sp³-hybridized carbons (Fsp3) is 0. The van der Waals surface area contributed by atoms with Gasteiger partial charge in [-0.2, -0.15) is 0 Å². The van der Waals surface area contributed by atoms with Crippen LogP contribution in [0.25, 0.3) is 77.0 Å². The highest BCUT2D eigenvalue weighted by atomic mass is 16.3. The molecule has 3 heterocycles. The van der Waals surface area contributed by atoms with Gasteiger partial charge >= 0.3 is 0 Å². The summed E-state index contributed by atoms with van der Waals surface area (Å²) in [7, 11) is 0. The first-order chi connectivity index (χ1) is 24.3. The molecule has 0 bridgehead atoms. The van der Waals surface area contributed by atoms with Crippen LogP contribution in [0.15, 0.2) is 179 Å².